The third kappa shape index (κ3) is 9.64. The predicted molar refractivity (Wildman–Crippen MR) is 162 cm³/mol. The quantitative estimate of drug-likeness (QED) is 0.121. The summed E-state index contributed by atoms with van der Waals surface area (Å²) in [7, 11) is 0. The number of benzene rings is 1. The normalized spacial score (nSPS) is 11.1. The number of nitrogens with two attached hydrogens (primary N) is 1. The fraction of sp³-hybridized carbons (Fsp3) is 0.194. The van der Waals surface area contributed by atoms with Gasteiger partial charge in [-0.2, -0.15) is 0 Å². The molecule has 0 amide bonds. The Kier molecular flexibility index (Phi) is 10.5. The Bertz CT molecular complexity index is 1580. The summed E-state index contributed by atoms with van der Waals surface area (Å²) < 4.78 is 0. The summed E-state index contributed by atoms with van der Waals surface area (Å²) in [4.78, 5) is 61.7. The van der Waals surface area contributed by atoms with Gasteiger partial charge >= 0.3 is 23.9 Å². The summed E-state index contributed by atoms with van der Waals surface area (Å²) in [6, 6.07) is 21.0. The van der Waals surface area contributed by atoms with E-state index < -0.39 is 50.1 Å². The summed E-state index contributed by atoms with van der Waals surface area (Å²) in [6.45, 7) is -1.97. The molecule has 0 bridgehead atoms. The van der Waals surface area contributed by atoms with Crippen LogP contribution < -0.4 is 5.73 Å². The lowest BCUT2D eigenvalue weighted by molar-refractivity contribution is -0.144. The van der Waals surface area contributed by atoms with Crippen LogP contribution in [0.25, 0.3) is 33.9 Å². The molecule has 14 nitrogen and oxygen atoms in total. The first kappa shape index (κ1) is 32.2. The fourth-order valence-corrected chi connectivity index (χ4v) is 4.61. The van der Waals surface area contributed by atoms with Crippen molar-refractivity contribution in [1.82, 2.24) is 24.8 Å². The van der Waals surface area contributed by atoms with Gasteiger partial charge < -0.3 is 26.2 Å². The van der Waals surface area contributed by atoms with Crippen molar-refractivity contribution < 1.29 is 39.6 Å². The van der Waals surface area contributed by atoms with Crippen LogP contribution in [0.15, 0.2) is 72.8 Å². The van der Waals surface area contributed by atoms with Crippen molar-refractivity contribution in [2.24, 2.45) is 0 Å². The molecule has 0 unspecified atom stereocenters. The Morgan fingerprint density at radius 2 is 0.933 bits per heavy atom. The van der Waals surface area contributed by atoms with Gasteiger partial charge in [0.15, 0.2) is 0 Å². The fourth-order valence-electron chi connectivity index (χ4n) is 4.61. The number of nitrogens with zero attached hydrogens (tertiary/aromatic N) is 5. The number of pyridine rings is 3. The topological polar surface area (TPSA) is 220 Å². The number of anilines is 1. The van der Waals surface area contributed by atoms with Crippen LogP contribution >= 0.6 is 0 Å². The highest BCUT2D eigenvalue weighted by atomic mass is 16.4. The monoisotopic (exact) mass is 614 g/mol. The van der Waals surface area contributed by atoms with E-state index in [1.54, 1.807) is 48.5 Å². The summed E-state index contributed by atoms with van der Waals surface area (Å²) in [6.07, 6.45) is 0. The first-order valence-corrected chi connectivity index (χ1v) is 13.6. The maximum Gasteiger partial charge on any atom is 0.317 e. The van der Waals surface area contributed by atoms with Gasteiger partial charge in [-0.1, -0.05) is 24.3 Å². The van der Waals surface area contributed by atoms with Crippen LogP contribution in [-0.2, 0) is 32.3 Å². The number of rotatable bonds is 15. The molecule has 0 atom stereocenters. The second-order valence-corrected chi connectivity index (χ2v) is 10.1. The van der Waals surface area contributed by atoms with Crippen LogP contribution in [0.4, 0.5) is 5.69 Å². The number of aliphatic carboxylic acids is 4. The van der Waals surface area contributed by atoms with Crippen molar-refractivity contribution in [1.29, 1.82) is 0 Å². The van der Waals surface area contributed by atoms with E-state index in [1.165, 1.54) is 9.80 Å². The van der Waals surface area contributed by atoms with Crippen molar-refractivity contribution in [2.75, 3.05) is 31.9 Å². The van der Waals surface area contributed by atoms with Gasteiger partial charge in [-0.3, -0.25) is 29.0 Å². The van der Waals surface area contributed by atoms with Crippen LogP contribution in [0.1, 0.15) is 11.4 Å². The summed E-state index contributed by atoms with van der Waals surface area (Å²) in [5.41, 5.74) is 10.7. The lowest BCUT2D eigenvalue weighted by Gasteiger charge is -2.18. The molecular weight excluding hydrogens is 584 g/mol. The molecule has 3 aromatic heterocycles. The minimum absolute atomic E-state index is 0.0241. The second kappa shape index (κ2) is 14.6. The molecule has 232 valence electrons. The van der Waals surface area contributed by atoms with E-state index in [-0.39, 0.29) is 13.1 Å². The largest absolute Gasteiger partial charge is 0.480 e. The number of hydrogen-bond donors (Lipinski definition) is 5. The number of carboxylic acids is 4. The molecule has 0 saturated heterocycles. The van der Waals surface area contributed by atoms with Crippen LogP contribution in [0.5, 0.6) is 0 Å². The van der Waals surface area contributed by atoms with Gasteiger partial charge in [0.25, 0.3) is 0 Å². The molecule has 4 rings (SSSR count). The molecule has 1 aromatic carbocycles. The molecule has 0 fully saturated rings. The molecular formula is C31H30N6O8. The molecule has 0 aliphatic rings. The highest BCUT2D eigenvalue weighted by molar-refractivity contribution is 5.76. The first-order valence-electron chi connectivity index (χ1n) is 13.6. The molecule has 0 aliphatic heterocycles. The minimum Gasteiger partial charge on any atom is -0.480 e. The number of nitrogen functional groups attached to an aromatic ring is 1. The average Bonchev–Trinajstić information content (AvgIpc) is 2.96. The van der Waals surface area contributed by atoms with Crippen LogP contribution in [0.3, 0.4) is 0 Å². The van der Waals surface area contributed by atoms with Crippen molar-refractivity contribution in [3.8, 4) is 33.9 Å². The second-order valence-electron chi connectivity index (χ2n) is 10.1. The van der Waals surface area contributed by atoms with Crippen molar-refractivity contribution in [3.05, 3.63) is 84.2 Å². The summed E-state index contributed by atoms with van der Waals surface area (Å²) in [5.74, 6) is -4.67. The van der Waals surface area contributed by atoms with Crippen molar-refractivity contribution >= 4 is 29.6 Å². The van der Waals surface area contributed by atoms with E-state index >= 15 is 0 Å². The van der Waals surface area contributed by atoms with Crippen LogP contribution in [0.2, 0.25) is 0 Å². The lowest BCUT2D eigenvalue weighted by Crippen LogP contribution is -2.34. The van der Waals surface area contributed by atoms with E-state index in [2.05, 4.69) is 9.97 Å². The Balaban J connectivity index is 1.75. The molecule has 0 aliphatic carbocycles. The number of carbonyl (C=O) groups is 4. The smallest absolute Gasteiger partial charge is 0.317 e. The van der Waals surface area contributed by atoms with Crippen molar-refractivity contribution in [3.63, 3.8) is 0 Å². The molecule has 14 heteroatoms. The SMILES string of the molecule is Nc1ccc(-c2cc(-c3cccc(CN(CC(=O)O)CC(=O)O)n3)nc(-c3cccc(CN(CC(=O)O)CC(=O)O)n3)c2)cc1. The standard InChI is InChI=1S/C31H30N6O8/c32-21-9-7-19(8-10-21)20-11-26(24-5-1-3-22(33-24)13-36(15-28(38)39)16-29(40)41)35-27(12-20)25-6-2-4-23(34-25)14-37(17-30(42)43)18-31(44)45/h1-12H,13-18,32H2,(H,38,39)(H,40,41)(H,42,43)(H,44,45). The molecule has 0 spiro atoms. The number of carboxylic acid groups (broad SMARTS) is 4. The highest BCUT2D eigenvalue weighted by Crippen LogP contribution is 2.30. The molecule has 0 saturated carbocycles. The summed E-state index contributed by atoms with van der Waals surface area (Å²) in [5, 5.41) is 36.9. The van der Waals surface area contributed by atoms with Gasteiger partial charge in [0.1, 0.15) is 0 Å². The van der Waals surface area contributed by atoms with E-state index in [0.29, 0.717) is 39.9 Å². The predicted octanol–water partition coefficient (Wildman–Crippen LogP) is 2.40. The summed E-state index contributed by atoms with van der Waals surface area (Å²) >= 11 is 0. The number of aromatic nitrogens is 3. The molecule has 45 heavy (non-hydrogen) atoms. The molecule has 0 radical (unpaired) electrons. The van der Waals surface area contributed by atoms with Crippen LogP contribution in [0, 0.1) is 0 Å². The van der Waals surface area contributed by atoms with Gasteiger partial charge in [0.2, 0.25) is 0 Å². The van der Waals surface area contributed by atoms with E-state index in [1.807, 2.05) is 24.3 Å². The van der Waals surface area contributed by atoms with Gasteiger partial charge in [0.05, 0.1) is 60.3 Å². The van der Waals surface area contributed by atoms with Gasteiger partial charge in [-0.25, -0.2) is 15.0 Å². The maximum absolute atomic E-state index is 11.3. The molecule has 4 aromatic rings. The Hall–Kier alpha value is -5.73. The third-order valence-corrected chi connectivity index (χ3v) is 6.41. The number of hydrogen-bond acceptors (Lipinski definition) is 10. The Morgan fingerprint density at radius 3 is 1.31 bits per heavy atom. The van der Waals surface area contributed by atoms with Gasteiger partial charge in [0, 0.05) is 18.8 Å². The van der Waals surface area contributed by atoms with Crippen LogP contribution in [-0.4, -0.2) is 95.2 Å². The van der Waals surface area contributed by atoms with Gasteiger partial charge in [-0.15, -0.1) is 0 Å². The Morgan fingerprint density at radius 1 is 0.533 bits per heavy atom. The van der Waals surface area contributed by atoms with E-state index in [0.717, 1.165) is 11.1 Å². The minimum atomic E-state index is -1.17. The Labute approximate surface area is 257 Å². The van der Waals surface area contributed by atoms with Gasteiger partial charge in [-0.05, 0) is 59.7 Å². The lowest BCUT2D eigenvalue weighted by atomic mass is 10.0. The first-order chi connectivity index (χ1) is 21.4. The zero-order valence-electron chi connectivity index (χ0n) is 23.9. The average molecular weight is 615 g/mol. The van der Waals surface area contributed by atoms with Crippen molar-refractivity contribution in [2.45, 2.75) is 13.1 Å². The van der Waals surface area contributed by atoms with E-state index in [9.17, 15) is 39.6 Å². The van der Waals surface area contributed by atoms with E-state index in [4.69, 9.17) is 10.7 Å². The zero-order valence-corrected chi connectivity index (χ0v) is 23.9. The highest BCUT2D eigenvalue weighted by Gasteiger charge is 2.18. The molecule has 6 N–H and O–H groups in total. The maximum atomic E-state index is 11.3. The zero-order chi connectivity index (χ0) is 32.5. The molecule has 3 heterocycles. The third-order valence-electron chi connectivity index (χ3n) is 6.41.